The summed E-state index contributed by atoms with van der Waals surface area (Å²) in [5.74, 6) is 0. The summed E-state index contributed by atoms with van der Waals surface area (Å²) in [7, 11) is -0.467. The second-order valence-corrected chi connectivity index (χ2v) is 8.03. The van der Waals surface area contributed by atoms with Crippen molar-refractivity contribution in [3.8, 4) is 0 Å². The first kappa shape index (κ1) is 16.1. The molecular formula is C14H23N3O3S. The van der Waals surface area contributed by atoms with Crippen molar-refractivity contribution in [3.05, 3.63) is 18.2 Å². The van der Waals surface area contributed by atoms with Gasteiger partial charge in [-0.15, -0.1) is 0 Å². The summed E-state index contributed by atoms with van der Waals surface area (Å²) < 4.78 is 30.8. The molecule has 1 aromatic rings. The molecule has 0 bridgehead atoms. The van der Waals surface area contributed by atoms with E-state index in [9.17, 15) is 8.42 Å². The minimum absolute atomic E-state index is 0.172. The molecule has 1 aliphatic heterocycles. The lowest BCUT2D eigenvalue weighted by atomic mass is 9.94. The lowest BCUT2D eigenvalue weighted by molar-refractivity contribution is 0.0540. The van der Waals surface area contributed by atoms with Gasteiger partial charge in [-0.25, -0.2) is 12.7 Å². The number of hydrogen-bond acceptors (Lipinski definition) is 5. The number of nitrogens with zero attached hydrogens (tertiary/aromatic N) is 1. The maximum atomic E-state index is 12.1. The molecule has 1 fully saturated rings. The van der Waals surface area contributed by atoms with Gasteiger partial charge in [0.1, 0.15) is 0 Å². The molecule has 1 aromatic carbocycles. The van der Waals surface area contributed by atoms with Gasteiger partial charge in [0.15, 0.2) is 0 Å². The zero-order valence-electron chi connectivity index (χ0n) is 12.7. The Balaban J connectivity index is 2.24. The molecule has 2 rings (SSSR count). The first-order valence-corrected chi connectivity index (χ1v) is 8.37. The fourth-order valence-electron chi connectivity index (χ4n) is 2.38. The fraction of sp³-hybridized carbons (Fsp3) is 0.571. The Morgan fingerprint density at radius 1 is 1.38 bits per heavy atom. The Morgan fingerprint density at radius 3 is 2.62 bits per heavy atom. The summed E-state index contributed by atoms with van der Waals surface area (Å²) in [5, 5.41) is 3.37. The lowest BCUT2D eigenvalue weighted by Gasteiger charge is -2.35. The molecule has 3 N–H and O–H groups in total. The largest absolute Gasteiger partial charge is 0.397 e. The van der Waals surface area contributed by atoms with Crippen LogP contribution in [-0.2, 0) is 14.8 Å². The second-order valence-electron chi connectivity index (χ2n) is 5.88. The van der Waals surface area contributed by atoms with E-state index in [4.69, 9.17) is 10.5 Å². The molecule has 1 aliphatic rings. The molecule has 0 spiro atoms. The van der Waals surface area contributed by atoms with Crippen LogP contribution in [0.15, 0.2) is 23.1 Å². The molecule has 0 aliphatic carbocycles. The highest BCUT2D eigenvalue weighted by Crippen LogP contribution is 2.29. The maximum Gasteiger partial charge on any atom is 0.242 e. The molecular weight excluding hydrogens is 290 g/mol. The maximum absolute atomic E-state index is 12.1. The van der Waals surface area contributed by atoms with Crippen LogP contribution in [0.1, 0.15) is 19.8 Å². The van der Waals surface area contributed by atoms with E-state index < -0.39 is 10.0 Å². The smallest absolute Gasteiger partial charge is 0.242 e. The molecule has 7 heteroatoms. The highest BCUT2D eigenvalue weighted by atomic mass is 32.2. The van der Waals surface area contributed by atoms with E-state index in [0.717, 1.165) is 25.1 Å². The first-order valence-electron chi connectivity index (χ1n) is 6.93. The van der Waals surface area contributed by atoms with Crippen molar-refractivity contribution in [2.75, 3.05) is 38.4 Å². The Kier molecular flexibility index (Phi) is 4.46. The van der Waals surface area contributed by atoms with E-state index in [0.29, 0.717) is 12.3 Å². The van der Waals surface area contributed by atoms with Crippen LogP contribution in [0.2, 0.25) is 0 Å². The molecule has 0 amide bonds. The van der Waals surface area contributed by atoms with E-state index in [1.807, 2.05) is 0 Å². The van der Waals surface area contributed by atoms with Crippen molar-refractivity contribution in [1.82, 2.24) is 4.31 Å². The Labute approximate surface area is 126 Å². The van der Waals surface area contributed by atoms with Crippen LogP contribution in [0, 0.1) is 0 Å². The van der Waals surface area contributed by atoms with Crippen LogP contribution in [0.4, 0.5) is 11.4 Å². The van der Waals surface area contributed by atoms with E-state index in [-0.39, 0.29) is 10.4 Å². The van der Waals surface area contributed by atoms with Crippen LogP contribution >= 0.6 is 0 Å². The minimum Gasteiger partial charge on any atom is -0.397 e. The van der Waals surface area contributed by atoms with Gasteiger partial charge in [0.2, 0.25) is 10.0 Å². The molecule has 0 aromatic heterocycles. The third-order valence-electron chi connectivity index (χ3n) is 3.68. The fourth-order valence-corrected chi connectivity index (χ4v) is 3.32. The van der Waals surface area contributed by atoms with Crippen molar-refractivity contribution in [2.45, 2.75) is 30.2 Å². The SMILES string of the molecule is CN(C)S(=O)(=O)c1ccc(NC2(C)CCCOC2)c(N)c1. The summed E-state index contributed by atoms with van der Waals surface area (Å²) in [6, 6.07) is 4.78. The van der Waals surface area contributed by atoms with E-state index in [2.05, 4.69) is 12.2 Å². The number of rotatable bonds is 4. The van der Waals surface area contributed by atoms with Crippen molar-refractivity contribution in [2.24, 2.45) is 0 Å². The van der Waals surface area contributed by atoms with Gasteiger partial charge in [0.05, 0.1) is 28.4 Å². The molecule has 1 unspecified atom stereocenters. The summed E-state index contributed by atoms with van der Waals surface area (Å²) in [4.78, 5) is 0.195. The Hall–Kier alpha value is -1.31. The predicted octanol–water partition coefficient (Wildman–Crippen LogP) is 1.50. The van der Waals surface area contributed by atoms with Crippen LogP contribution in [0.5, 0.6) is 0 Å². The highest BCUT2D eigenvalue weighted by molar-refractivity contribution is 7.89. The van der Waals surface area contributed by atoms with Gasteiger partial charge >= 0.3 is 0 Å². The monoisotopic (exact) mass is 313 g/mol. The molecule has 21 heavy (non-hydrogen) atoms. The van der Waals surface area contributed by atoms with Gasteiger partial charge in [-0.05, 0) is 38.0 Å². The molecule has 0 radical (unpaired) electrons. The average molecular weight is 313 g/mol. The van der Waals surface area contributed by atoms with Gasteiger partial charge in [-0.2, -0.15) is 0 Å². The summed E-state index contributed by atoms with van der Waals surface area (Å²) in [6.45, 7) is 3.48. The Bertz CT molecular complexity index is 608. The van der Waals surface area contributed by atoms with Crippen molar-refractivity contribution in [3.63, 3.8) is 0 Å². The van der Waals surface area contributed by atoms with Gasteiger partial charge in [-0.3, -0.25) is 0 Å². The number of ether oxygens (including phenoxy) is 1. The number of benzene rings is 1. The number of nitrogens with one attached hydrogen (secondary N) is 1. The first-order chi connectivity index (χ1) is 9.74. The van der Waals surface area contributed by atoms with Crippen LogP contribution < -0.4 is 11.1 Å². The number of nitrogen functional groups attached to an aromatic ring is 1. The normalized spacial score (nSPS) is 23.2. The standard InChI is InChI=1S/C14H23N3O3S/c1-14(7-4-8-20-10-14)16-13-6-5-11(9-12(13)15)21(18,19)17(2)3/h5-6,9,16H,4,7-8,10,15H2,1-3H3. The summed E-state index contributed by atoms with van der Waals surface area (Å²) in [5.41, 5.74) is 6.99. The van der Waals surface area contributed by atoms with Crippen LogP contribution in [0.25, 0.3) is 0 Å². The topological polar surface area (TPSA) is 84.7 Å². The van der Waals surface area contributed by atoms with Gasteiger partial charge < -0.3 is 15.8 Å². The Morgan fingerprint density at radius 2 is 2.10 bits per heavy atom. The van der Waals surface area contributed by atoms with E-state index >= 15 is 0 Å². The lowest BCUT2D eigenvalue weighted by Crippen LogP contribution is -2.43. The summed E-state index contributed by atoms with van der Waals surface area (Å²) in [6.07, 6.45) is 1.99. The quantitative estimate of drug-likeness (QED) is 0.823. The average Bonchev–Trinajstić information content (AvgIpc) is 2.41. The molecule has 1 heterocycles. The molecule has 118 valence electrons. The van der Waals surface area contributed by atoms with Crippen molar-refractivity contribution < 1.29 is 13.2 Å². The van der Waals surface area contributed by atoms with Crippen molar-refractivity contribution >= 4 is 21.4 Å². The number of hydrogen-bond donors (Lipinski definition) is 2. The highest BCUT2D eigenvalue weighted by Gasteiger charge is 2.28. The third-order valence-corrected chi connectivity index (χ3v) is 5.49. The number of nitrogens with two attached hydrogens (primary N) is 1. The molecule has 1 atom stereocenters. The summed E-state index contributed by atoms with van der Waals surface area (Å²) >= 11 is 0. The van der Waals surface area contributed by atoms with Gasteiger partial charge in [0, 0.05) is 20.7 Å². The predicted molar refractivity (Wildman–Crippen MR) is 83.8 cm³/mol. The van der Waals surface area contributed by atoms with E-state index in [1.54, 1.807) is 12.1 Å². The van der Waals surface area contributed by atoms with E-state index in [1.165, 1.54) is 24.5 Å². The van der Waals surface area contributed by atoms with Crippen molar-refractivity contribution in [1.29, 1.82) is 0 Å². The second kappa shape index (κ2) is 5.82. The number of sulfonamides is 1. The zero-order valence-corrected chi connectivity index (χ0v) is 13.5. The minimum atomic E-state index is -3.46. The van der Waals surface area contributed by atoms with Crippen LogP contribution in [0.3, 0.4) is 0 Å². The number of anilines is 2. The molecule has 1 saturated heterocycles. The molecule has 6 nitrogen and oxygen atoms in total. The van der Waals surface area contributed by atoms with Gasteiger partial charge in [0.25, 0.3) is 0 Å². The third kappa shape index (κ3) is 3.48. The zero-order chi connectivity index (χ0) is 15.7. The molecule has 0 saturated carbocycles. The van der Waals surface area contributed by atoms with Crippen LogP contribution in [-0.4, -0.2) is 45.6 Å². The van der Waals surface area contributed by atoms with Gasteiger partial charge in [-0.1, -0.05) is 0 Å².